The van der Waals surface area contributed by atoms with Crippen LogP contribution in [0, 0.1) is 0 Å². The van der Waals surface area contributed by atoms with Gasteiger partial charge in [-0.1, -0.05) is 30.3 Å². The average Bonchev–Trinajstić information content (AvgIpc) is 3.52. The van der Waals surface area contributed by atoms with E-state index in [2.05, 4.69) is 54.3 Å². The van der Waals surface area contributed by atoms with Gasteiger partial charge in [0.25, 0.3) is 11.8 Å². The summed E-state index contributed by atoms with van der Waals surface area (Å²) in [5, 5.41) is 22.5. The van der Waals surface area contributed by atoms with Gasteiger partial charge in [0.15, 0.2) is 0 Å². The van der Waals surface area contributed by atoms with Crippen molar-refractivity contribution < 1.29 is 29.1 Å². The van der Waals surface area contributed by atoms with E-state index in [9.17, 15) is 29.1 Å². The van der Waals surface area contributed by atoms with Crippen molar-refractivity contribution in [3.63, 3.8) is 0 Å². The number of anilines is 2. The lowest BCUT2D eigenvalue weighted by Crippen LogP contribution is -2.52. The first-order valence-electron chi connectivity index (χ1n) is 18.8. The number of hydrogen-bond donors (Lipinski definition) is 5. The number of aliphatic hydroxyl groups excluding tert-OH is 1. The monoisotopic (exact) mass is 737 g/mol. The highest BCUT2D eigenvalue weighted by Crippen LogP contribution is 2.32. The minimum Gasteiger partial charge on any atom is -0.390 e. The van der Waals surface area contributed by atoms with Crippen LogP contribution >= 0.6 is 0 Å². The number of nitrogens with zero attached hydrogens (tertiary/aromatic N) is 5. The first kappa shape index (κ1) is 36.9. The molecule has 15 nitrogen and oxygen atoms in total. The molecule has 2 saturated heterocycles. The molecule has 5 amide bonds. The van der Waals surface area contributed by atoms with Crippen molar-refractivity contribution in [1.29, 1.82) is 0 Å². The first-order valence-corrected chi connectivity index (χ1v) is 18.8. The molecule has 15 heteroatoms. The molecule has 7 rings (SSSR count). The maximum Gasteiger partial charge on any atom is 0.270 e. The summed E-state index contributed by atoms with van der Waals surface area (Å²) in [4.78, 5) is 77.1. The molecule has 2 fully saturated rings. The van der Waals surface area contributed by atoms with Crippen molar-refractivity contribution in [2.45, 2.75) is 76.2 Å². The summed E-state index contributed by atoms with van der Waals surface area (Å²) in [6.07, 6.45) is 4.56. The second-order valence-corrected chi connectivity index (χ2v) is 14.5. The van der Waals surface area contributed by atoms with Gasteiger partial charge in [-0.25, -0.2) is 9.97 Å². The number of carbonyl (C=O) groups excluding carboxylic acids is 5. The van der Waals surface area contributed by atoms with Crippen molar-refractivity contribution in [2.24, 2.45) is 0 Å². The zero-order chi connectivity index (χ0) is 37.6. The fourth-order valence-corrected chi connectivity index (χ4v) is 7.79. The number of hydrogen-bond acceptors (Lipinski definition) is 11. The van der Waals surface area contributed by atoms with Crippen molar-refractivity contribution in [2.75, 3.05) is 49.9 Å². The van der Waals surface area contributed by atoms with Crippen LogP contribution in [0.4, 0.5) is 11.5 Å². The lowest BCUT2D eigenvalue weighted by atomic mass is 10.00. The van der Waals surface area contributed by atoms with E-state index in [-0.39, 0.29) is 54.9 Å². The Morgan fingerprint density at radius 1 is 0.944 bits per heavy atom. The van der Waals surface area contributed by atoms with Crippen molar-refractivity contribution in [3.05, 3.63) is 82.8 Å². The van der Waals surface area contributed by atoms with Crippen LogP contribution in [0.1, 0.15) is 76.1 Å². The Kier molecular flexibility index (Phi) is 11.4. The van der Waals surface area contributed by atoms with Gasteiger partial charge in [0.2, 0.25) is 17.7 Å². The predicted octanol–water partition coefficient (Wildman–Crippen LogP) is 1.68. The Morgan fingerprint density at radius 2 is 1.76 bits per heavy atom. The number of carbonyl (C=O) groups is 5. The molecule has 0 saturated carbocycles. The third kappa shape index (κ3) is 8.69. The van der Waals surface area contributed by atoms with Gasteiger partial charge in [-0.15, -0.1) is 0 Å². The number of rotatable bonds is 13. The third-order valence-corrected chi connectivity index (χ3v) is 10.7. The molecule has 5 N–H and O–H groups in total. The van der Waals surface area contributed by atoms with E-state index in [0.717, 1.165) is 43.6 Å². The van der Waals surface area contributed by atoms with Crippen LogP contribution in [0.3, 0.4) is 0 Å². The Morgan fingerprint density at radius 3 is 2.57 bits per heavy atom. The zero-order valence-corrected chi connectivity index (χ0v) is 30.3. The van der Waals surface area contributed by atoms with Crippen LogP contribution in [-0.4, -0.2) is 117 Å². The van der Waals surface area contributed by atoms with Crippen molar-refractivity contribution in [1.82, 2.24) is 35.3 Å². The number of benzene rings is 2. The maximum atomic E-state index is 13.1. The van der Waals surface area contributed by atoms with Crippen LogP contribution in [0.2, 0.25) is 0 Å². The second kappa shape index (κ2) is 16.7. The molecule has 5 heterocycles. The Balaban J connectivity index is 0.804. The Labute approximate surface area is 313 Å². The normalized spacial score (nSPS) is 19.5. The number of aliphatic hydroxyl groups is 1. The van der Waals surface area contributed by atoms with E-state index < -0.39 is 18.1 Å². The molecule has 1 unspecified atom stereocenters. The van der Waals surface area contributed by atoms with Crippen LogP contribution < -0.4 is 21.3 Å². The quantitative estimate of drug-likeness (QED) is 0.127. The molecule has 3 aromatic rings. The highest BCUT2D eigenvalue weighted by atomic mass is 16.3. The number of β-amino-alcohol motifs (C(OH)–C–C–N with tert-alkyl or cyclic N) is 1. The first-order chi connectivity index (χ1) is 26.2. The molecule has 0 aliphatic carbocycles. The average molecular weight is 738 g/mol. The minimum absolute atomic E-state index is 0.0839. The lowest BCUT2D eigenvalue weighted by molar-refractivity contribution is -0.137. The van der Waals surface area contributed by atoms with Gasteiger partial charge in [-0.2, -0.15) is 0 Å². The largest absolute Gasteiger partial charge is 0.390 e. The molecule has 0 radical (unpaired) electrons. The SMILES string of the molecule is O=C1CCC(N2Cc3c(NCCCC(=O)N4CCC(Nc5cc(C(=O)NC[C@H](O)CN6CCc7ccccc7C6)ncn5)CC4)cccc3C2=O)C(=O)N1. The van der Waals surface area contributed by atoms with Gasteiger partial charge in [-0.3, -0.25) is 34.2 Å². The molecule has 2 atom stereocenters. The Hall–Kier alpha value is -5.41. The lowest BCUT2D eigenvalue weighted by Gasteiger charge is -2.32. The number of likely N-dealkylation sites (tertiary alicyclic amines) is 1. The minimum atomic E-state index is -0.709. The predicted molar refractivity (Wildman–Crippen MR) is 199 cm³/mol. The Bertz CT molecular complexity index is 1900. The second-order valence-electron chi connectivity index (χ2n) is 14.5. The van der Waals surface area contributed by atoms with Gasteiger partial charge in [0, 0.05) is 94.1 Å². The van der Waals surface area contributed by atoms with Gasteiger partial charge >= 0.3 is 0 Å². The topological polar surface area (TPSA) is 189 Å². The summed E-state index contributed by atoms with van der Waals surface area (Å²) in [7, 11) is 0. The summed E-state index contributed by atoms with van der Waals surface area (Å²) in [6.45, 7) is 4.28. The summed E-state index contributed by atoms with van der Waals surface area (Å²) in [5.74, 6) is -0.732. The number of amides is 5. The van der Waals surface area contributed by atoms with Gasteiger partial charge < -0.3 is 30.9 Å². The molecule has 0 spiro atoms. The smallest absolute Gasteiger partial charge is 0.270 e. The molecule has 2 aromatic carbocycles. The number of imide groups is 1. The number of aromatic nitrogens is 2. The molecular formula is C39H47N9O6. The molecule has 284 valence electrons. The number of nitrogens with one attached hydrogen (secondary N) is 4. The summed E-state index contributed by atoms with van der Waals surface area (Å²) >= 11 is 0. The number of piperidine rings is 2. The van der Waals surface area contributed by atoms with Crippen LogP contribution in [0.15, 0.2) is 54.9 Å². The van der Waals surface area contributed by atoms with Crippen LogP contribution in [0.5, 0.6) is 0 Å². The van der Waals surface area contributed by atoms with E-state index in [4.69, 9.17) is 0 Å². The third-order valence-electron chi connectivity index (χ3n) is 10.7. The highest BCUT2D eigenvalue weighted by molar-refractivity contribution is 6.06. The molecule has 4 aliphatic rings. The van der Waals surface area contributed by atoms with E-state index >= 15 is 0 Å². The van der Waals surface area contributed by atoms with Gasteiger partial charge in [0.1, 0.15) is 23.9 Å². The summed E-state index contributed by atoms with van der Waals surface area (Å²) in [6, 6.07) is 14.8. The van der Waals surface area contributed by atoms with E-state index in [1.54, 1.807) is 18.2 Å². The highest BCUT2D eigenvalue weighted by Gasteiger charge is 2.40. The molecule has 54 heavy (non-hydrogen) atoms. The number of fused-ring (bicyclic) bond motifs is 2. The fraction of sp³-hybridized carbons (Fsp3) is 0.462. The molecule has 1 aromatic heterocycles. The van der Waals surface area contributed by atoms with Crippen LogP contribution in [-0.2, 0) is 33.9 Å². The van der Waals surface area contributed by atoms with Crippen molar-refractivity contribution in [3.8, 4) is 0 Å². The fourth-order valence-electron chi connectivity index (χ4n) is 7.79. The van der Waals surface area contributed by atoms with Gasteiger partial charge in [-0.05, 0) is 55.4 Å². The maximum absolute atomic E-state index is 13.1. The van der Waals surface area contributed by atoms with Crippen molar-refractivity contribution >= 4 is 41.0 Å². The van der Waals surface area contributed by atoms with E-state index in [1.165, 1.54) is 22.4 Å². The summed E-state index contributed by atoms with van der Waals surface area (Å²) in [5.41, 5.74) is 5.01. The standard InChI is InChI=1S/C39H47N9O6/c49-28(22-46-16-12-25-5-1-2-6-26(25)21-46)20-41-37(52)32-19-34(43-24-42-32)44-27-13-17-47(18-14-27)36(51)9-4-15-40-31-8-3-7-29-30(31)23-48(39(29)54)33-10-11-35(50)45-38(33)53/h1-3,5-8,19,24,27-28,33,40,49H,4,9-18,20-23H2,(H,41,52)(H,42,43,44)(H,45,50,53)/t28-,33?/m0/s1. The molecular weight excluding hydrogens is 690 g/mol. The van der Waals surface area contributed by atoms with Crippen LogP contribution in [0.25, 0.3) is 0 Å². The summed E-state index contributed by atoms with van der Waals surface area (Å²) < 4.78 is 0. The molecule has 4 aliphatic heterocycles. The zero-order valence-electron chi connectivity index (χ0n) is 30.3. The van der Waals surface area contributed by atoms with E-state index in [1.807, 2.05) is 17.0 Å². The van der Waals surface area contributed by atoms with E-state index in [0.29, 0.717) is 56.8 Å². The molecule has 0 bridgehead atoms. The van der Waals surface area contributed by atoms with Gasteiger partial charge in [0.05, 0.1) is 6.10 Å².